The molecule has 2 fully saturated rings. The number of aryl methyl sites for hydroxylation is 1. The maximum atomic E-state index is 13.5. The van der Waals surface area contributed by atoms with Gasteiger partial charge >= 0.3 is 0 Å². The Labute approximate surface area is 204 Å². The van der Waals surface area contributed by atoms with Gasteiger partial charge in [-0.15, -0.1) is 0 Å². The lowest BCUT2D eigenvalue weighted by atomic mass is 9.80. The van der Waals surface area contributed by atoms with Gasteiger partial charge in [-0.3, -0.25) is 9.59 Å². The summed E-state index contributed by atoms with van der Waals surface area (Å²) in [6.45, 7) is 1.88. The van der Waals surface area contributed by atoms with Crippen LogP contribution in [0.3, 0.4) is 0 Å². The molecule has 3 aromatic rings. The van der Waals surface area contributed by atoms with Gasteiger partial charge in [0.25, 0.3) is 17.6 Å². The van der Waals surface area contributed by atoms with Crippen molar-refractivity contribution in [3.8, 4) is 0 Å². The molecule has 0 bridgehead atoms. The van der Waals surface area contributed by atoms with Crippen molar-refractivity contribution < 1.29 is 14.0 Å². The van der Waals surface area contributed by atoms with Gasteiger partial charge in [-0.05, 0) is 68.1 Å². The fraction of sp³-hybridized carbons (Fsp3) is 0.458. The fourth-order valence-electron chi connectivity index (χ4n) is 5.30. The molecule has 2 amide bonds. The highest BCUT2D eigenvalue weighted by atomic mass is 79.9. The minimum atomic E-state index is -0.446. The Balaban J connectivity index is 1.32. The molecule has 0 radical (unpaired) electrons. The Kier molecular flexibility index (Phi) is 6.33. The average molecular weight is 529 g/mol. The van der Waals surface area contributed by atoms with Gasteiger partial charge in [0, 0.05) is 23.5 Å². The minimum absolute atomic E-state index is 0.0774. The molecule has 34 heavy (non-hydrogen) atoms. The van der Waals surface area contributed by atoms with Crippen LogP contribution in [-0.2, 0) is 6.54 Å². The predicted octanol–water partition coefficient (Wildman–Crippen LogP) is 3.57. The number of benzene rings is 1. The summed E-state index contributed by atoms with van der Waals surface area (Å²) in [6, 6.07) is 6.24. The molecule has 178 valence electrons. The number of aromatic nitrogens is 4. The van der Waals surface area contributed by atoms with Crippen LogP contribution >= 0.6 is 15.9 Å². The first-order valence-corrected chi connectivity index (χ1v) is 12.5. The zero-order valence-corrected chi connectivity index (χ0v) is 20.4. The van der Waals surface area contributed by atoms with Crippen molar-refractivity contribution in [2.45, 2.75) is 56.4 Å². The lowest BCUT2D eigenvalue weighted by molar-refractivity contribution is 0.0910. The lowest BCUT2D eigenvalue weighted by Gasteiger charge is -2.32. The van der Waals surface area contributed by atoms with E-state index in [-0.39, 0.29) is 41.5 Å². The largest absolute Gasteiger partial charge is 0.348 e. The summed E-state index contributed by atoms with van der Waals surface area (Å²) in [4.78, 5) is 35.0. The first-order chi connectivity index (χ1) is 16.4. The second-order valence-electron chi connectivity index (χ2n) is 9.26. The molecule has 3 unspecified atom stereocenters. The Morgan fingerprint density at radius 3 is 2.85 bits per heavy atom. The standard InChI is InChI=1S/C24H26BrFN6O2/c1-13-8-14(2-6-18(13)26)11-27-22(33)20-10-21(32-24(31-20)28-12-29-32)23(34)30-19-7-3-15-9-16(25)4-5-17(15)19/h2,6,8,10,12,15-17,19H,3-5,7,9,11H2,1H3,(H,27,33)(H,30,34)/t15?,16?,17?,19-/m0/s1. The molecule has 2 aliphatic rings. The van der Waals surface area contributed by atoms with Gasteiger partial charge in [0.05, 0.1) is 0 Å². The topological polar surface area (TPSA) is 101 Å². The van der Waals surface area contributed by atoms with Crippen molar-refractivity contribution in [1.82, 2.24) is 30.2 Å². The Bertz CT molecular complexity index is 1250. The van der Waals surface area contributed by atoms with Crippen molar-refractivity contribution in [3.63, 3.8) is 0 Å². The van der Waals surface area contributed by atoms with Crippen LogP contribution in [0.15, 0.2) is 30.6 Å². The molecule has 2 aromatic heterocycles. The zero-order valence-electron chi connectivity index (χ0n) is 18.8. The van der Waals surface area contributed by atoms with Crippen molar-refractivity contribution >= 4 is 33.5 Å². The summed E-state index contributed by atoms with van der Waals surface area (Å²) in [5.74, 6) is 0.264. The van der Waals surface area contributed by atoms with Gasteiger partial charge in [-0.25, -0.2) is 9.37 Å². The number of fused-ring (bicyclic) bond motifs is 2. The minimum Gasteiger partial charge on any atom is -0.348 e. The Morgan fingerprint density at radius 2 is 2.03 bits per heavy atom. The molecule has 1 aromatic carbocycles. The van der Waals surface area contributed by atoms with Crippen molar-refractivity contribution in [2.75, 3.05) is 0 Å². The normalized spacial score (nSPS) is 24.1. The number of amides is 2. The van der Waals surface area contributed by atoms with Gasteiger partial charge in [0.2, 0.25) is 0 Å². The van der Waals surface area contributed by atoms with E-state index in [1.54, 1.807) is 19.1 Å². The van der Waals surface area contributed by atoms with E-state index in [0.29, 0.717) is 22.2 Å². The van der Waals surface area contributed by atoms with Gasteiger partial charge in [-0.2, -0.15) is 14.6 Å². The molecule has 2 N–H and O–H groups in total. The number of alkyl halides is 1. The van der Waals surface area contributed by atoms with Crippen molar-refractivity contribution in [1.29, 1.82) is 0 Å². The summed E-state index contributed by atoms with van der Waals surface area (Å²) in [5, 5.41) is 10.1. The smallest absolute Gasteiger partial charge is 0.270 e. The average Bonchev–Trinajstić information content (AvgIpc) is 3.45. The number of carbonyl (C=O) groups is 2. The molecule has 4 atom stereocenters. The molecule has 2 saturated carbocycles. The Morgan fingerprint density at radius 1 is 1.18 bits per heavy atom. The van der Waals surface area contributed by atoms with Crippen LogP contribution in [0.4, 0.5) is 4.39 Å². The molecule has 2 aliphatic carbocycles. The highest BCUT2D eigenvalue weighted by Crippen LogP contribution is 2.44. The summed E-state index contributed by atoms with van der Waals surface area (Å²) in [6.07, 6.45) is 6.74. The van der Waals surface area contributed by atoms with E-state index in [1.807, 2.05) is 0 Å². The second kappa shape index (κ2) is 9.40. The van der Waals surface area contributed by atoms with Gasteiger partial charge in [0.15, 0.2) is 0 Å². The Hall–Kier alpha value is -2.88. The fourth-order valence-corrected chi connectivity index (χ4v) is 6.05. The number of hydrogen-bond acceptors (Lipinski definition) is 5. The molecule has 0 spiro atoms. The number of nitrogens with zero attached hydrogens (tertiary/aromatic N) is 4. The van der Waals surface area contributed by atoms with Gasteiger partial charge in [-0.1, -0.05) is 28.1 Å². The predicted molar refractivity (Wildman–Crippen MR) is 127 cm³/mol. The highest BCUT2D eigenvalue weighted by Gasteiger charge is 2.40. The number of carbonyl (C=O) groups excluding carboxylic acids is 2. The first kappa shape index (κ1) is 22.9. The van der Waals surface area contributed by atoms with E-state index in [9.17, 15) is 14.0 Å². The first-order valence-electron chi connectivity index (χ1n) is 11.6. The van der Waals surface area contributed by atoms with E-state index in [1.165, 1.54) is 23.0 Å². The van der Waals surface area contributed by atoms with Crippen molar-refractivity contribution in [3.05, 3.63) is 58.9 Å². The number of rotatable bonds is 5. The molecule has 0 aliphatic heterocycles. The number of nitrogens with one attached hydrogen (secondary N) is 2. The summed E-state index contributed by atoms with van der Waals surface area (Å²) in [5.41, 5.74) is 1.58. The van der Waals surface area contributed by atoms with Crippen LogP contribution in [0, 0.1) is 24.6 Å². The van der Waals surface area contributed by atoms with E-state index in [0.717, 1.165) is 37.7 Å². The van der Waals surface area contributed by atoms with Crippen LogP contribution in [0.5, 0.6) is 0 Å². The quantitative estimate of drug-likeness (QED) is 0.493. The van der Waals surface area contributed by atoms with Crippen molar-refractivity contribution in [2.24, 2.45) is 11.8 Å². The van der Waals surface area contributed by atoms with E-state index in [2.05, 4.69) is 41.6 Å². The molecular formula is C24H26BrFN6O2. The molecular weight excluding hydrogens is 503 g/mol. The molecule has 0 saturated heterocycles. The third-order valence-electron chi connectivity index (χ3n) is 7.05. The zero-order chi connectivity index (χ0) is 23.8. The summed E-state index contributed by atoms with van der Waals surface area (Å²) >= 11 is 3.74. The number of hydrogen-bond donors (Lipinski definition) is 2. The maximum Gasteiger partial charge on any atom is 0.270 e. The number of halogens is 2. The molecule has 5 rings (SSSR count). The maximum absolute atomic E-state index is 13.5. The SMILES string of the molecule is Cc1cc(CNC(=O)c2cc(C(=O)N[C@H]3CCC4CC(Br)CCC43)n3ncnc3n2)ccc1F. The van der Waals surface area contributed by atoms with Crippen LogP contribution in [0.2, 0.25) is 0 Å². The molecule has 10 heteroatoms. The second-order valence-corrected chi connectivity index (χ2v) is 10.6. The monoisotopic (exact) mass is 528 g/mol. The van der Waals surface area contributed by atoms with E-state index >= 15 is 0 Å². The summed E-state index contributed by atoms with van der Waals surface area (Å²) < 4.78 is 14.9. The van der Waals surface area contributed by atoms with Gasteiger partial charge < -0.3 is 10.6 Å². The van der Waals surface area contributed by atoms with Crippen LogP contribution in [0.25, 0.3) is 5.78 Å². The van der Waals surface area contributed by atoms with Crippen LogP contribution < -0.4 is 10.6 Å². The van der Waals surface area contributed by atoms with E-state index in [4.69, 9.17) is 0 Å². The third-order valence-corrected chi connectivity index (χ3v) is 7.88. The van der Waals surface area contributed by atoms with Crippen LogP contribution in [0.1, 0.15) is 64.2 Å². The highest BCUT2D eigenvalue weighted by molar-refractivity contribution is 9.09. The van der Waals surface area contributed by atoms with Crippen LogP contribution in [-0.4, -0.2) is 42.3 Å². The van der Waals surface area contributed by atoms with E-state index < -0.39 is 5.91 Å². The van der Waals surface area contributed by atoms with Gasteiger partial charge in [0.1, 0.15) is 23.5 Å². The molecule has 8 nitrogen and oxygen atoms in total. The lowest BCUT2D eigenvalue weighted by Crippen LogP contribution is -2.41. The summed E-state index contributed by atoms with van der Waals surface area (Å²) in [7, 11) is 0. The third kappa shape index (κ3) is 4.55. The molecule has 2 heterocycles.